The Hall–Kier alpha value is -1.22. The van der Waals surface area contributed by atoms with Crippen molar-refractivity contribution in [1.29, 1.82) is 0 Å². The fourth-order valence-corrected chi connectivity index (χ4v) is 1.57. The van der Waals surface area contributed by atoms with Crippen LogP contribution in [-0.4, -0.2) is 12.6 Å². The molecule has 2 rings (SSSR count). The van der Waals surface area contributed by atoms with E-state index >= 15 is 0 Å². The monoisotopic (exact) mass is 178 g/mol. The minimum atomic E-state index is 0.301. The first-order chi connectivity index (χ1) is 6.33. The molecule has 0 saturated carbocycles. The lowest BCUT2D eigenvalue weighted by Crippen LogP contribution is -2.47. The molecule has 1 aliphatic rings. The number of para-hydroxylation sites is 2. The summed E-state index contributed by atoms with van der Waals surface area (Å²) in [5.41, 5.74) is 0.987. The largest absolute Gasteiger partial charge is 0.489 e. The van der Waals surface area contributed by atoms with E-state index in [0.717, 1.165) is 17.9 Å². The maximum atomic E-state index is 5.95. The zero-order chi connectivity index (χ0) is 9.26. The number of nitrogens with two attached hydrogens (primary N) is 1. The molecule has 0 aromatic heterocycles. The molecule has 13 heavy (non-hydrogen) atoms. The van der Waals surface area contributed by atoms with E-state index in [1.165, 1.54) is 0 Å². The molecule has 0 aliphatic carbocycles. The van der Waals surface area contributed by atoms with Gasteiger partial charge in [0.1, 0.15) is 12.4 Å². The van der Waals surface area contributed by atoms with Gasteiger partial charge in [-0.05, 0) is 18.6 Å². The predicted molar refractivity (Wildman–Crippen MR) is 52.7 cm³/mol. The van der Waals surface area contributed by atoms with Crippen LogP contribution in [-0.2, 0) is 0 Å². The van der Waals surface area contributed by atoms with Crippen molar-refractivity contribution in [2.75, 3.05) is 11.6 Å². The molecule has 3 heteroatoms. The van der Waals surface area contributed by atoms with E-state index in [9.17, 15) is 0 Å². The van der Waals surface area contributed by atoms with Gasteiger partial charge in [-0.15, -0.1) is 0 Å². The van der Waals surface area contributed by atoms with Crippen LogP contribution in [0, 0.1) is 0 Å². The van der Waals surface area contributed by atoms with E-state index in [4.69, 9.17) is 10.6 Å². The SMILES string of the molecule is CCC1COc2ccccc2N1N. The summed E-state index contributed by atoms with van der Waals surface area (Å²) in [7, 11) is 0. The van der Waals surface area contributed by atoms with Crippen molar-refractivity contribution in [2.24, 2.45) is 5.84 Å². The summed E-state index contributed by atoms with van der Waals surface area (Å²) in [6, 6.07) is 8.16. The molecule has 1 unspecified atom stereocenters. The highest BCUT2D eigenvalue weighted by molar-refractivity contribution is 5.59. The second kappa shape index (κ2) is 3.26. The number of rotatable bonds is 1. The smallest absolute Gasteiger partial charge is 0.144 e. The molecular formula is C10H14N2O. The Kier molecular flexibility index (Phi) is 2.10. The van der Waals surface area contributed by atoms with Gasteiger partial charge in [0.25, 0.3) is 0 Å². The summed E-state index contributed by atoms with van der Waals surface area (Å²) >= 11 is 0. The zero-order valence-electron chi connectivity index (χ0n) is 7.73. The Morgan fingerprint density at radius 3 is 3.08 bits per heavy atom. The second-order valence-corrected chi connectivity index (χ2v) is 3.25. The first kappa shape index (κ1) is 8.38. The van der Waals surface area contributed by atoms with Crippen molar-refractivity contribution < 1.29 is 4.74 Å². The van der Waals surface area contributed by atoms with Gasteiger partial charge in [0.2, 0.25) is 0 Å². The maximum Gasteiger partial charge on any atom is 0.144 e. The van der Waals surface area contributed by atoms with Crippen molar-refractivity contribution in [3.05, 3.63) is 24.3 Å². The quantitative estimate of drug-likeness (QED) is 0.663. The van der Waals surface area contributed by atoms with Gasteiger partial charge in [0.05, 0.1) is 11.7 Å². The predicted octanol–water partition coefficient (Wildman–Crippen LogP) is 1.54. The highest BCUT2D eigenvalue weighted by Gasteiger charge is 2.22. The molecule has 0 saturated heterocycles. The first-order valence-electron chi connectivity index (χ1n) is 4.58. The number of ether oxygens (including phenoxy) is 1. The topological polar surface area (TPSA) is 38.5 Å². The van der Waals surface area contributed by atoms with E-state index in [0.29, 0.717) is 12.6 Å². The highest BCUT2D eigenvalue weighted by Crippen LogP contribution is 2.31. The Labute approximate surface area is 78.1 Å². The molecule has 3 nitrogen and oxygen atoms in total. The normalized spacial score (nSPS) is 20.8. The van der Waals surface area contributed by atoms with E-state index in [1.807, 2.05) is 24.3 Å². The fraction of sp³-hybridized carbons (Fsp3) is 0.400. The minimum absolute atomic E-state index is 0.301. The summed E-state index contributed by atoms with van der Waals surface area (Å²) < 4.78 is 5.58. The van der Waals surface area contributed by atoms with Gasteiger partial charge in [0.15, 0.2) is 0 Å². The zero-order valence-corrected chi connectivity index (χ0v) is 7.73. The molecule has 1 heterocycles. The number of fused-ring (bicyclic) bond motifs is 1. The van der Waals surface area contributed by atoms with Gasteiger partial charge in [0, 0.05) is 0 Å². The molecular weight excluding hydrogens is 164 g/mol. The van der Waals surface area contributed by atoms with Crippen molar-refractivity contribution >= 4 is 5.69 Å². The third-order valence-electron chi connectivity index (χ3n) is 2.44. The number of hydrogen-bond donors (Lipinski definition) is 1. The maximum absolute atomic E-state index is 5.95. The van der Waals surface area contributed by atoms with Gasteiger partial charge >= 0.3 is 0 Å². The number of benzene rings is 1. The third-order valence-corrected chi connectivity index (χ3v) is 2.44. The Morgan fingerprint density at radius 1 is 1.54 bits per heavy atom. The van der Waals surface area contributed by atoms with E-state index in [1.54, 1.807) is 5.01 Å². The van der Waals surface area contributed by atoms with E-state index < -0.39 is 0 Å². The lowest BCUT2D eigenvalue weighted by Gasteiger charge is -2.34. The molecule has 0 radical (unpaired) electrons. The van der Waals surface area contributed by atoms with E-state index in [-0.39, 0.29) is 0 Å². The van der Waals surface area contributed by atoms with Gasteiger partial charge in [-0.1, -0.05) is 19.1 Å². The first-order valence-corrected chi connectivity index (χ1v) is 4.58. The second-order valence-electron chi connectivity index (χ2n) is 3.25. The Balaban J connectivity index is 2.33. The van der Waals surface area contributed by atoms with Gasteiger partial charge < -0.3 is 9.75 Å². The van der Waals surface area contributed by atoms with Crippen LogP contribution in [0.5, 0.6) is 5.75 Å². The summed E-state index contributed by atoms with van der Waals surface area (Å²) in [5, 5.41) is 1.80. The van der Waals surface area contributed by atoms with Crippen molar-refractivity contribution in [3.8, 4) is 5.75 Å². The molecule has 1 aromatic rings. The van der Waals surface area contributed by atoms with E-state index in [2.05, 4.69) is 6.92 Å². The highest BCUT2D eigenvalue weighted by atomic mass is 16.5. The summed E-state index contributed by atoms with van der Waals surface area (Å²) in [6.07, 6.45) is 1.00. The number of anilines is 1. The molecule has 1 aromatic carbocycles. The Bertz CT molecular complexity index is 301. The lowest BCUT2D eigenvalue weighted by molar-refractivity contribution is 0.259. The standard InChI is InChI=1S/C10H14N2O/c1-2-8-7-13-10-6-4-3-5-9(10)12(8)11/h3-6,8H,2,7,11H2,1H3. The lowest BCUT2D eigenvalue weighted by atomic mass is 10.1. The summed E-state index contributed by atoms with van der Waals surface area (Å²) in [4.78, 5) is 0. The molecule has 0 fully saturated rings. The number of hydrogen-bond acceptors (Lipinski definition) is 3. The fourth-order valence-electron chi connectivity index (χ4n) is 1.57. The van der Waals surface area contributed by atoms with Gasteiger partial charge in [-0.25, -0.2) is 5.84 Å². The Morgan fingerprint density at radius 2 is 2.31 bits per heavy atom. The van der Waals surface area contributed by atoms with Gasteiger partial charge in [-0.2, -0.15) is 0 Å². The molecule has 70 valence electrons. The van der Waals surface area contributed by atoms with Crippen molar-refractivity contribution in [3.63, 3.8) is 0 Å². The van der Waals surface area contributed by atoms with Crippen LogP contribution in [0.2, 0.25) is 0 Å². The average molecular weight is 178 g/mol. The van der Waals surface area contributed by atoms with Crippen molar-refractivity contribution in [1.82, 2.24) is 0 Å². The molecule has 2 N–H and O–H groups in total. The average Bonchev–Trinajstić information content (AvgIpc) is 2.19. The summed E-state index contributed by atoms with van der Waals surface area (Å²) in [5.74, 6) is 6.84. The van der Waals surface area contributed by atoms with Crippen LogP contribution < -0.4 is 15.6 Å². The third kappa shape index (κ3) is 1.35. The number of nitrogens with zero attached hydrogens (tertiary/aromatic N) is 1. The van der Waals surface area contributed by atoms with Crippen LogP contribution in [0.4, 0.5) is 5.69 Å². The van der Waals surface area contributed by atoms with Gasteiger partial charge in [-0.3, -0.25) is 0 Å². The van der Waals surface area contributed by atoms with Crippen LogP contribution in [0.25, 0.3) is 0 Å². The van der Waals surface area contributed by atoms with Crippen LogP contribution in [0.1, 0.15) is 13.3 Å². The summed E-state index contributed by atoms with van der Waals surface area (Å²) in [6.45, 7) is 2.80. The molecule has 0 spiro atoms. The van der Waals surface area contributed by atoms with Crippen LogP contribution >= 0.6 is 0 Å². The molecule has 1 atom stereocenters. The molecule has 1 aliphatic heterocycles. The van der Waals surface area contributed by atoms with Crippen molar-refractivity contribution in [2.45, 2.75) is 19.4 Å². The van der Waals surface area contributed by atoms with Crippen LogP contribution in [0.3, 0.4) is 0 Å². The van der Waals surface area contributed by atoms with Crippen LogP contribution in [0.15, 0.2) is 24.3 Å². The number of hydrazine groups is 1. The molecule has 0 amide bonds. The molecule has 0 bridgehead atoms. The minimum Gasteiger partial charge on any atom is -0.489 e.